The molecule has 2 aromatic rings. The lowest BCUT2D eigenvalue weighted by Crippen LogP contribution is -2.04. The molecule has 0 radical (unpaired) electrons. The van der Waals surface area contributed by atoms with E-state index in [1.54, 1.807) is 6.92 Å². The molecule has 6 heteroatoms. The Balaban J connectivity index is 2.72. The van der Waals surface area contributed by atoms with Gasteiger partial charge in [0.2, 0.25) is 0 Å². The molecule has 0 saturated heterocycles. The molecule has 0 aliphatic heterocycles. The van der Waals surface area contributed by atoms with E-state index < -0.39 is 0 Å². The van der Waals surface area contributed by atoms with Gasteiger partial charge in [-0.25, -0.2) is 4.79 Å². The van der Waals surface area contributed by atoms with Crippen LogP contribution in [0.4, 0.5) is 0 Å². The van der Waals surface area contributed by atoms with Crippen molar-refractivity contribution in [2.45, 2.75) is 12.3 Å². The Kier molecular flexibility index (Phi) is 4.69. The minimum atomic E-state index is -0.295. The fraction of sp³-hybridized carbons (Fsp3) is 0.250. The van der Waals surface area contributed by atoms with Crippen molar-refractivity contribution in [3.63, 3.8) is 0 Å². The number of thiophene rings is 1. The van der Waals surface area contributed by atoms with Crippen molar-refractivity contribution < 1.29 is 9.53 Å². The number of hydrogen-bond donors (Lipinski definition) is 0. The summed E-state index contributed by atoms with van der Waals surface area (Å²) in [6.45, 7) is 2.16. The summed E-state index contributed by atoms with van der Waals surface area (Å²) < 4.78 is 6.98. The molecule has 0 amide bonds. The van der Waals surface area contributed by atoms with E-state index in [9.17, 15) is 4.79 Å². The molecule has 18 heavy (non-hydrogen) atoms. The molecule has 0 atom stereocenters. The molecule has 2 nitrogen and oxygen atoms in total. The van der Waals surface area contributed by atoms with E-state index >= 15 is 0 Å². The highest BCUT2D eigenvalue weighted by Crippen LogP contribution is 2.41. The van der Waals surface area contributed by atoms with E-state index in [1.807, 2.05) is 12.1 Å². The summed E-state index contributed by atoms with van der Waals surface area (Å²) in [4.78, 5) is 12.5. The maximum atomic E-state index is 11.9. The highest BCUT2D eigenvalue weighted by atomic mass is 79.9. The summed E-state index contributed by atoms with van der Waals surface area (Å²) >= 11 is 14.5. The number of halogens is 3. The Morgan fingerprint density at radius 2 is 2.22 bits per heavy atom. The first-order valence-electron chi connectivity index (χ1n) is 5.22. The molecule has 0 unspecified atom stereocenters. The lowest BCUT2D eigenvalue weighted by Gasteiger charge is -2.02. The Morgan fingerprint density at radius 1 is 1.50 bits per heavy atom. The molecule has 1 aromatic heterocycles. The largest absolute Gasteiger partial charge is 0.462 e. The highest BCUT2D eigenvalue weighted by molar-refractivity contribution is 9.10. The van der Waals surface area contributed by atoms with Crippen LogP contribution in [0.5, 0.6) is 0 Å². The van der Waals surface area contributed by atoms with Gasteiger partial charge in [0, 0.05) is 20.2 Å². The van der Waals surface area contributed by atoms with E-state index in [1.165, 1.54) is 11.3 Å². The van der Waals surface area contributed by atoms with Crippen LogP contribution >= 0.6 is 54.8 Å². The predicted molar refractivity (Wildman–Crippen MR) is 83.1 cm³/mol. The van der Waals surface area contributed by atoms with Gasteiger partial charge in [-0.2, -0.15) is 0 Å². The van der Waals surface area contributed by atoms with E-state index in [2.05, 4.69) is 31.9 Å². The second kappa shape index (κ2) is 5.90. The standard InChI is InChI=1S/C12H9Br2ClO2S/c1-2-17-12(16)10-6(5-13)9-8(15)4-3-7(14)11(9)18-10/h3-4H,2,5H2,1H3. The number of carbonyl (C=O) groups excluding carboxylic acids is 1. The zero-order chi connectivity index (χ0) is 13.3. The van der Waals surface area contributed by atoms with Gasteiger partial charge < -0.3 is 4.74 Å². The minimum Gasteiger partial charge on any atom is -0.462 e. The summed E-state index contributed by atoms with van der Waals surface area (Å²) in [7, 11) is 0. The molecule has 0 aliphatic rings. The number of hydrogen-bond acceptors (Lipinski definition) is 3. The van der Waals surface area contributed by atoms with Gasteiger partial charge in [-0.15, -0.1) is 11.3 Å². The molecule has 0 saturated carbocycles. The minimum absolute atomic E-state index is 0.295. The maximum Gasteiger partial charge on any atom is 0.348 e. The topological polar surface area (TPSA) is 26.3 Å². The van der Waals surface area contributed by atoms with Crippen molar-refractivity contribution in [1.82, 2.24) is 0 Å². The summed E-state index contributed by atoms with van der Waals surface area (Å²) in [5, 5.41) is 2.13. The molecule has 1 aromatic carbocycles. The SMILES string of the molecule is CCOC(=O)c1sc2c(Br)ccc(Cl)c2c1CBr. The van der Waals surface area contributed by atoms with Gasteiger partial charge in [0.15, 0.2) is 0 Å². The number of esters is 1. The Morgan fingerprint density at radius 3 is 2.83 bits per heavy atom. The second-order valence-electron chi connectivity index (χ2n) is 3.50. The average molecular weight is 413 g/mol. The first-order chi connectivity index (χ1) is 8.60. The summed E-state index contributed by atoms with van der Waals surface area (Å²) in [5.74, 6) is -0.295. The molecule has 2 rings (SSSR count). The van der Waals surface area contributed by atoms with Crippen LogP contribution in [0.2, 0.25) is 5.02 Å². The van der Waals surface area contributed by atoms with E-state index in [0.717, 1.165) is 20.1 Å². The molecule has 1 heterocycles. The van der Waals surface area contributed by atoms with E-state index in [4.69, 9.17) is 16.3 Å². The first kappa shape index (κ1) is 14.3. The van der Waals surface area contributed by atoms with Crippen molar-refractivity contribution in [2.75, 3.05) is 6.61 Å². The Labute approximate surface area is 131 Å². The quantitative estimate of drug-likeness (QED) is 0.499. The second-order valence-corrected chi connectivity index (χ2v) is 6.34. The van der Waals surface area contributed by atoms with Gasteiger partial charge >= 0.3 is 5.97 Å². The summed E-state index contributed by atoms with van der Waals surface area (Å²) in [5.41, 5.74) is 0.889. The van der Waals surface area contributed by atoms with Gasteiger partial charge in [-0.1, -0.05) is 27.5 Å². The monoisotopic (exact) mass is 410 g/mol. The van der Waals surface area contributed by atoms with Crippen LogP contribution in [0.25, 0.3) is 10.1 Å². The van der Waals surface area contributed by atoms with Gasteiger partial charge in [0.1, 0.15) is 4.88 Å². The summed E-state index contributed by atoms with van der Waals surface area (Å²) in [6.07, 6.45) is 0. The van der Waals surface area contributed by atoms with Crippen molar-refractivity contribution in [3.8, 4) is 0 Å². The van der Waals surface area contributed by atoms with Gasteiger partial charge in [0.25, 0.3) is 0 Å². The normalized spacial score (nSPS) is 10.9. The number of alkyl halides is 1. The fourth-order valence-electron chi connectivity index (χ4n) is 1.68. The molecule has 0 spiro atoms. The van der Waals surface area contributed by atoms with Gasteiger partial charge in [-0.3, -0.25) is 0 Å². The number of carbonyl (C=O) groups is 1. The van der Waals surface area contributed by atoms with Crippen LogP contribution in [-0.4, -0.2) is 12.6 Å². The van der Waals surface area contributed by atoms with E-state index in [-0.39, 0.29) is 5.97 Å². The predicted octanol–water partition coefficient (Wildman–Crippen LogP) is 5.39. The van der Waals surface area contributed by atoms with Crippen LogP contribution in [-0.2, 0) is 10.1 Å². The Hall–Kier alpha value is -0.100. The number of fused-ring (bicyclic) bond motifs is 1. The fourth-order valence-corrected chi connectivity index (χ4v) is 4.47. The number of ether oxygens (including phenoxy) is 1. The number of rotatable bonds is 3. The molecule has 0 N–H and O–H groups in total. The third-order valence-corrected chi connectivity index (χ3v) is 5.48. The van der Waals surface area contributed by atoms with Crippen LogP contribution in [0.15, 0.2) is 16.6 Å². The zero-order valence-corrected chi connectivity index (χ0v) is 14.2. The lowest BCUT2D eigenvalue weighted by molar-refractivity contribution is 0.0531. The first-order valence-corrected chi connectivity index (χ1v) is 8.33. The van der Waals surface area contributed by atoms with Crippen molar-refractivity contribution in [3.05, 3.63) is 32.1 Å². The highest BCUT2D eigenvalue weighted by Gasteiger charge is 2.21. The average Bonchev–Trinajstić information content (AvgIpc) is 2.74. The Bertz CT molecular complexity index is 610. The van der Waals surface area contributed by atoms with Gasteiger partial charge in [0.05, 0.1) is 11.3 Å². The smallest absolute Gasteiger partial charge is 0.348 e. The molecular weight excluding hydrogens is 403 g/mol. The van der Waals surface area contributed by atoms with Crippen molar-refractivity contribution >= 4 is 70.9 Å². The third-order valence-electron chi connectivity index (χ3n) is 2.43. The molecule has 0 fully saturated rings. The maximum absolute atomic E-state index is 11.9. The molecule has 96 valence electrons. The molecule has 0 bridgehead atoms. The van der Waals surface area contributed by atoms with Crippen molar-refractivity contribution in [2.24, 2.45) is 0 Å². The van der Waals surface area contributed by atoms with Crippen LogP contribution in [0.1, 0.15) is 22.2 Å². The van der Waals surface area contributed by atoms with Gasteiger partial charge in [-0.05, 0) is 40.5 Å². The molecular formula is C12H9Br2ClO2S. The lowest BCUT2D eigenvalue weighted by atomic mass is 10.1. The van der Waals surface area contributed by atoms with Crippen LogP contribution in [0, 0.1) is 0 Å². The zero-order valence-electron chi connectivity index (χ0n) is 9.43. The number of benzene rings is 1. The van der Waals surface area contributed by atoms with Crippen LogP contribution in [0.3, 0.4) is 0 Å². The summed E-state index contributed by atoms with van der Waals surface area (Å²) in [6, 6.07) is 3.70. The molecule has 0 aliphatic carbocycles. The van der Waals surface area contributed by atoms with Crippen LogP contribution < -0.4 is 0 Å². The van der Waals surface area contributed by atoms with E-state index in [0.29, 0.717) is 21.8 Å². The third kappa shape index (κ3) is 2.46. The van der Waals surface area contributed by atoms with Crippen molar-refractivity contribution in [1.29, 1.82) is 0 Å².